The smallest absolute Gasteiger partial charge is 1.00 e. The fourth-order valence-corrected chi connectivity index (χ4v) is 28.6. The third-order valence-electron chi connectivity index (χ3n) is 12.8. The topological polar surface area (TPSA) is 0 Å². The fraction of sp³-hybridized carbons (Fsp3) is 0.471. The number of fused-ring (bicyclic) bond motifs is 4. The van der Waals surface area contributed by atoms with Gasteiger partial charge in [0.25, 0.3) is 0 Å². The first-order chi connectivity index (χ1) is 32.8. The maximum absolute atomic E-state index is 2.40. The fourth-order valence-electron chi connectivity index (χ4n) is 12.2. The summed E-state index contributed by atoms with van der Waals surface area (Å²) in [7, 11) is -0.739. The van der Waals surface area contributed by atoms with Crippen LogP contribution in [0.25, 0.3) is 43.1 Å². The van der Waals surface area contributed by atoms with Crippen LogP contribution >= 0.6 is 31.7 Å². The standard InChI is InChI=1S/4C17H24P.2FH.2Ti/c4*1-16(2,3)18(17(4,5)6)15-11-13-9-7-8-10-14(13)12-15;;;;/h4*7-12H,1-6H3;2*1H;;/q4*-1;;;2*+2/p-2. The molecule has 0 aliphatic heterocycles. The summed E-state index contributed by atoms with van der Waals surface area (Å²) in [5.74, 6) is 0. The monoisotopic (exact) mass is 1170 g/mol. The molecule has 0 atom stereocenters. The SMILES string of the molecule is CC(C)(C)P(c1cc2ccccc2[cH-]1)C(C)(C)C.CC(C)(C)P(c1cc2ccccc2[cH-]1)C(C)(C)C.CC(C)(C)P(c1cc2ccccc2[cH-]1)C(C)(C)C.CC(C)(C)P(c1cc2ccccc2[cH-]1)C(C)(C)C.[F-].[F-].[Ti+2].[Ti+2]. The maximum Gasteiger partial charge on any atom is 2.00 e. The van der Waals surface area contributed by atoms with Gasteiger partial charge in [-0.3, -0.25) is 0 Å². The van der Waals surface area contributed by atoms with Gasteiger partial charge in [0.2, 0.25) is 0 Å². The molecule has 8 heteroatoms. The van der Waals surface area contributed by atoms with Gasteiger partial charge in [-0.25, -0.2) is 0 Å². The van der Waals surface area contributed by atoms with E-state index < -0.39 is 0 Å². The molecule has 0 saturated heterocycles. The zero-order valence-corrected chi connectivity index (χ0v) is 58.1. The van der Waals surface area contributed by atoms with Crippen LogP contribution in [0, 0.1) is 0 Å². The molecule has 0 aromatic heterocycles. The molecule has 0 fully saturated rings. The van der Waals surface area contributed by atoms with Crippen LogP contribution in [0.15, 0.2) is 146 Å². The third kappa shape index (κ3) is 19.2. The van der Waals surface area contributed by atoms with E-state index in [-0.39, 0.29) is 84.5 Å². The average molecular weight is 1170 g/mol. The zero-order chi connectivity index (χ0) is 54.2. The minimum absolute atomic E-state index is 0. The van der Waals surface area contributed by atoms with Crippen molar-refractivity contribution in [2.45, 2.75) is 207 Å². The molecular formula is C68H96F2P4Ti2-2. The van der Waals surface area contributed by atoms with Crippen molar-refractivity contribution in [2.75, 3.05) is 0 Å². The summed E-state index contributed by atoms with van der Waals surface area (Å²) in [6.45, 7) is 57.0. The third-order valence-corrected chi connectivity index (χ3v) is 26.6. The molecule has 76 heavy (non-hydrogen) atoms. The Hall–Kier alpha value is -1.67. The molecule has 0 aliphatic rings. The van der Waals surface area contributed by atoms with Crippen molar-refractivity contribution >= 4 is 96.0 Å². The van der Waals surface area contributed by atoms with E-state index in [0.717, 1.165) is 0 Å². The van der Waals surface area contributed by atoms with Crippen LogP contribution in [-0.4, -0.2) is 41.2 Å². The van der Waals surface area contributed by atoms with Gasteiger partial charge in [-0.2, -0.15) is 24.3 Å². The molecule has 0 radical (unpaired) electrons. The van der Waals surface area contributed by atoms with Crippen LogP contribution < -0.4 is 30.6 Å². The molecule has 8 rings (SSSR count). The van der Waals surface area contributed by atoms with Crippen molar-refractivity contribution in [3.05, 3.63) is 146 Å². The van der Waals surface area contributed by atoms with Crippen molar-refractivity contribution in [1.82, 2.24) is 0 Å². The quantitative estimate of drug-likeness (QED) is 0.0936. The van der Waals surface area contributed by atoms with Crippen LogP contribution in [0.3, 0.4) is 0 Å². The van der Waals surface area contributed by atoms with Crippen LogP contribution in [0.4, 0.5) is 0 Å². The van der Waals surface area contributed by atoms with Gasteiger partial charge < -0.3 is 9.41 Å². The van der Waals surface area contributed by atoms with Crippen LogP contribution in [0.5, 0.6) is 0 Å². The molecular weight excluding hydrogens is 1070 g/mol. The first kappa shape index (κ1) is 72.3. The number of halogens is 2. The molecule has 0 aliphatic carbocycles. The number of hydrogen-bond acceptors (Lipinski definition) is 0. The van der Waals surface area contributed by atoms with Crippen LogP contribution in [0.1, 0.15) is 166 Å². The van der Waals surface area contributed by atoms with Crippen molar-refractivity contribution in [1.29, 1.82) is 0 Å². The van der Waals surface area contributed by atoms with Gasteiger partial charge in [-0.1, -0.05) is 222 Å². The first-order valence-corrected chi connectivity index (χ1v) is 32.0. The number of benzene rings is 4. The van der Waals surface area contributed by atoms with Crippen LogP contribution in [-0.2, 0) is 43.4 Å². The summed E-state index contributed by atoms with van der Waals surface area (Å²) in [5.41, 5.74) is 0. The van der Waals surface area contributed by atoms with E-state index in [1.807, 2.05) is 0 Å². The molecule has 8 aromatic carbocycles. The molecule has 0 heterocycles. The van der Waals surface area contributed by atoms with E-state index in [1.54, 1.807) is 21.2 Å². The number of rotatable bonds is 4. The summed E-state index contributed by atoms with van der Waals surface area (Å²) >= 11 is 0. The molecule has 0 saturated carbocycles. The Morgan fingerprint density at radius 1 is 0.237 bits per heavy atom. The average Bonchev–Trinajstić information content (AvgIpc) is 3.98. The second-order valence-corrected chi connectivity index (χ2v) is 43.6. The van der Waals surface area contributed by atoms with Gasteiger partial charge in [-0.15, -0.1) is 161 Å². The van der Waals surface area contributed by atoms with Crippen LogP contribution in [0.2, 0.25) is 0 Å². The molecule has 0 amide bonds. The maximum atomic E-state index is 2.40. The first-order valence-electron chi connectivity index (χ1n) is 26.6. The predicted octanol–water partition coefficient (Wildman–Crippen LogP) is 15.1. The van der Waals surface area contributed by atoms with E-state index in [2.05, 4.69) is 312 Å². The Balaban J connectivity index is 0.000000498. The molecule has 0 bridgehead atoms. The van der Waals surface area contributed by atoms with Gasteiger partial charge in [0.15, 0.2) is 0 Å². The Morgan fingerprint density at radius 3 is 0.487 bits per heavy atom. The molecule has 412 valence electrons. The van der Waals surface area contributed by atoms with Crippen molar-refractivity contribution < 1.29 is 52.8 Å². The molecule has 0 unspecified atom stereocenters. The Labute approximate surface area is 497 Å². The van der Waals surface area contributed by atoms with Gasteiger partial charge in [0, 0.05) is 0 Å². The predicted molar refractivity (Wildman–Crippen MR) is 342 cm³/mol. The molecule has 8 aromatic rings. The Kier molecular flexibility index (Phi) is 26.1. The van der Waals surface area contributed by atoms with Gasteiger partial charge in [0.1, 0.15) is 0 Å². The Morgan fingerprint density at radius 2 is 0.368 bits per heavy atom. The second kappa shape index (κ2) is 27.4. The second-order valence-electron chi connectivity index (χ2n) is 28.1. The zero-order valence-electron chi connectivity index (χ0n) is 51.4. The molecule has 0 N–H and O–H groups in total. The van der Waals surface area contributed by atoms with Crippen molar-refractivity contribution in [2.24, 2.45) is 0 Å². The molecule has 0 nitrogen and oxygen atoms in total. The summed E-state index contributed by atoms with van der Waals surface area (Å²) in [4.78, 5) is 0. The largest absolute Gasteiger partial charge is 2.00 e. The van der Waals surface area contributed by atoms with Crippen molar-refractivity contribution in [3.63, 3.8) is 0 Å². The minimum Gasteiger partial charge on any atom is -1.00 e. The summed E-state index contributed by atoms with van der Waals surface area (Å²) in [6.07, 6.45) is 0. The van der Waals surface area contributed by atoms with E-state index in [1.165, 1.54) is 43.1 Å². The van der Waals surface area contributed by atoms with E-state index in [4.69, 9.17) is 0 Å². The van der Waals surface area contributed by atoms with E-state index >= 15 is 0 Å². The Bertz CT molecular complexity index is 2380. The van der Waals surface area contributed by atoms with Crippen molar-refractivity contribution in [3.8, 4) is 0 Å². The van der Waals surface area contributed by atoms with Gasteiger partial charge >= 0.3 is 43.4 Å². The summed E-state index contributed by atoms with van der Waals surface area (Å²) in [5, 5.41) is 20.0. The van der Waals surface area contributed by atoms with E-state index in [9.17, 15) is 0 Å². The van der Waals surface area contributed by atoms with E-state index in [0.29, 0.717) is 41.2 Å². The molecule has 0 spiro atoms. The number of hydrogen-bond donors (Lipinski definition) is 0. The minimum atomic E-state index is -0.185. The summed E-state index contributed by atoms with van der Waals surface area (Å²) < 4.78 is 0. The van der Waals surface area contributed by atoms with Gasteiger partial charge in [0.05, 0.1) is 0 Å². The summed E-state index contributed by atoms with van der Waals surface area (Å²) in [6, 6.07) is 54.0. The van der Waals surface area contributed by atoms with Gasteiger partial charge in [-0.05, 0) is 41.2 Å². The normalized spacial score (nSPS) is 12.8.